The number of amides is 1. The molecule has 0 aliphatic heterocycles. The Kier molecular flexibility index (Phi) is 6.77. The minimum atomic E-state index is -3.32. The van der Waals surface area contributed by atoms with E-state index >= 15 is 0 Å². The van der Waals surface area contributed by atoms with Crippen molar-refractivity contribution < 1.29 is 13.2 Å². The van der Waals surface area contributed by atoms with Gasteiger partial charge in [0.05, 0.1) is 4.90 Å². The van der Waals surface area contributed by atoms with Crippen molar-refractivity contribution in [2.24, 2.45) is 0 Å². The third kappa shape index (κ3) is 5.62. The summed E-state index contributed by atoms with van der Waals surface area (Å²) in [5.74, 6) is -0.236. The molecule has 6 heteroatoms. The van der Waals surface area contributed by atoms with Crippen molar-refractivity contribution in [3.05, 3.63) is 29.3 Å². The zero-order valence-electron chi connectivity index (χ0n) is 14.9. The smallest absolute Gasteiger partial charge is 0.251 e. The molecule has 0 saturated heterocycles. The molecular formula is C17H28N2O3S. The summed E-state index contributed by atoms with van der Waals surface area (Å²) in [6, 6.07) is 5.45. The minimum Gasteiger partial charge on any atom is -0.351 e. The van der Waals surface area contributed by atoms with E-state index in [1.807, 2.05) is 0 Å². The van der Waals surface area contributed by atoms with Crippen LogP contribution in [0.3, 0.4) is 0 Å². The Balaban J connectivity index is 2.79. The first-order valence-corrected chi connectivity index (χ1v) is 9.77. The fourth-order valence-electron chi connectivity index (χ4n) is 2.58. The van der Waals surface area contributed by atoms with Crippen molar-refractivity contribution in [3.63, 3.8) is 0 Å². The summed E-state index contributed by atoms with van der Waals surface area (Å²) in [7, 11) is -3.32. The number of nitrogens with zero attached hydrogens (tertiary/aromatic N) is 1. The highest BCUT2D eigenvalue weighted by Crippen LogP contribution is 2.15. The standard InChI is InChI=1S/C17H28N2O3S/c1-12(2)19(13(3)4)10-9-18-17(20)16-11-15(23(6,21)22)8-7-14(16)5/h7-8,11-13H,9-10H2,1-6H3,(H,18,20). The van der Waals surface area contributed by atoms with Crippen molar-refractivity contribution in [2.45, 2.75) is 51.6 Å². The van der Waals surface area contributed by atoms with Crippen LogP contribution in [0.5, 0.6) is 0 Å². The normalized spacial score (nSPS) is 12.2. The van der Waals surface area contributed by atoms with Crippen LogP contribution in [0, 0.1) is 6.92 Å². The molecule has 23 heavy (non-hydrogen) atoms. The molecule has 130 valence electrons. The summed E-state index contributed by atoms with van der Waals surface area (Å²) in [5, 5.41) is 2.88. The molecule has 0 heterocycles. The Morgan fingerprint density at radius 1 is 1.17 bits per heavy atom. The molecule has 1 amide bonds. The molecule has 0 atom stereocenters. The molecule has 0 fully saturated rings. The number of carbonyl (C=O) groups excluding carboxylic acids is 1. The SMILES string of the molecule is Cc1ccc(S(C)(=O)=O)cc1C(=O)NCCN(C(C)C)C(C)C. The lowest BCUT2D eigenvalue weighted by molar-refractivity contribution is 0.0938. The molecule has 1 aromatic rings. The van der Waals surface area contributed by atoms with E-state index in [4.69, 9.17) is 0 Å². The Labute approximate surface area is 140 Å². The molecule has 0 aromatic heterocycles. The summed E-state index contributed by atoms with van der Waals surface area (Å²) >= 11 is 0. The Morgan fingerprint density at radius 2 is 1.74 bits per heavy atom. The number of benzene rings is 1. The predicted octanol–water partition coefficient (Wildman–Crippen LogP) is 2.25. The van der Waals surface area contributed by atoms with Crippen LogP contribution in [-0.2, 0) is 9.84 Å². The van der Waals surface area contributed by atoms with E-state index in [0.717, 1.165) is 18.4 Å². The van der Waals surface area contributed by atoms with Gasteiger partial charge in [0.1, 0.15) is 0 Å². The van der Waals surface area contributed by atoms with Gasteiger partial charge in [-0.3, -0.25) is 9.69 Å². The van der Waals surface area contributed by atoms with Crippen molar-refractivity contribution >= 4 is 15.7 Å². The van der Waals surface area contributed by atoms with E-state index in [0.29, 0.717) is 24.2 Å². The van der Waals surface area contributed by atoms with Crippen LogP contribution in [-0.4, -0.2) is 50.7 Å². The monoisotopic (exact) mass is 340 g/mol. The molecule has 0 bridgehead atoms. The lowest BCUT2D eigenvalue weighted by Crippen LogP contribution is -2.42. The average molecular weight is 340 g/mol. The number of sulfone groups is 1. The lowest BCUT2D eigenvalue weighted by Gasteiger charge is -2.30. The molecule has 0 radical (unpaired) electrons. The van der Waals surface area contributed by atoms with Crippen LogP contribution in [0.4, 0.5) is 0 Å². The summed E-state index contributed by atoms with van der Waals surface area (Å²) < 4.78 is 23.3. The Morgan fingerprint density at radius 3 is 2.22 bits per heavy atom. The highest BCUT2D eigenvalue weighted by atomic mass is 32.2. The van der Waals surface area contributed by atoms with E-state index in [-0.39, 0.29) is 10.8 Å². The fraction of sp³-hybridized carbons (Fsp3) is 0.588. The van der Waals surface area contributed by atoms with Crippen LogP contribution in [0.25, 0.3) is 0 Å². The summed E-state index contributed by atoms with van der Waals surface area (Å²) in [6.07, 6.45) is 1.14. The van der Waals surface area contributed by atoms with Gasteiger partial charge in [0, 0.05) is 37.0 Å². The second kappa shape index (κ2) is 7.93. The molecule has 0 spiro atoms. The minimum absolute atomic E-state index is 0.166. The van der Waals surface area contributed by atoms with Crippen LogP contribution in [0.15, 0.2) is 23.1 Å². The van der Waals surface area contributed by atoms with E-state index in [1.54, 1.807) is 13.0 Å². The number of hydrogen-bond donors (Lipinski definition) is 1. The number of aryl methyl sites for hydroxylation is 1. The molecule has 5 nitrogen and oxygen atoms in total. The Bertz CT molecular complexity index is 644. The Hall–Kier alpha value is -1.40. The molecule has 0 unspecified atom stereocenters. The zero-order chi connectivity index (χ0) is 17.8. The molecule has 0 aliphatic carbocycles. The van der Waals surface area contributed by atoms with Gasteiger partial charge in [0.15, 0.2) is 9.84 Å². The van der Waals surface area contributed by atoms with Crippen molar-refractivity contribution in [2.75, 3.05) is 19.3 Å². The maximum atomic E-state index is 12.3. The van der Waals surface area contributed by atoms with Gasteiger partial charge in [0.2, 0.25) is 0 Å². The van der Waals surface area contributed by atoms with Crippen LogP contribution in [0.1, 0.15) is 43.6 Å². The van der Waals surface area contributed by atoms with Gasteiger partial charge in [-0.15, -0.1) is 0 Å². The number of nitrogens with one attached hydrogen (secondary N) is 1. The maximum absolute atomic E-state index is 12.3. The summed E-state index contributed by atoms with van der Waals surface area (Å²) in [6.45, 7) is 11.6. The topological polar surface area (TPSA) is 66.5 Å². The molecule has 1 rings (SSSR count). The third-order valence-electron chi connectivity index (χ3n) is 3.86. The van der Waals surface area contributed by atoms with Gasteiger partial charge >= 0.3 is 0 Å². The van der Waals surface area contributed by atoms with Crippen LogP contribution >= 0.6 is 0 Å². The number of hydrogen-bond acceptors (Lipinski definition) is 4. The van der Waals surface area contributed by atoms with E-state index < -0.39 is 9.84 Å². The van der Waals surface area contributed by atoms with Gasteiger partial charge in [-0.2, -0.15) is 0 Å². The second-order valence-electron chi connectivity index (χ2n) is 6.43. The largest absolute Gasteiger partial charge is 0.351 e. The maximum Gasteiger partial charge on any atom is 0.251 e. The van der Waals surface area contributed by atoms with E-state index in [9.17, 15) is 13.2 Å². The first kappa shape index (κ1) is 19.6. The van der Waals surface area contributed by atoms with Crippen LogP contribution < -0.4 is 5.32 Å². The van der Waals surface area contributed by atoms with Crippen molar-refractivity contribution in [3.8, 4) is 0 Å². The first-order chi connectivity index (χ1) is 10.5. The van der Waals surface area contributed by atoms with Crippen molar-refractivity contribution in [1.29, 1.82) is 0 Å². The third-order valence-corrected chi connectivity index (χ3v) is 4.97. The predicted molar refractivity (Wildman–Crippen MR) is 93.6 cm³/mol. The van der Waals surface area contributed by atoms with Gasteiger partial charge in [-0.05, 0) is 52.3 Å². The first-order valence-electron chi connectivity index (χ1n) is 7.88. The highest BCUT2D eigenvalue weighted by Gasteiger charge is 2.16. The van der Waals surface area contributed by atoms with Gasteiger partial charge < -0.3 is 5.32 Å². The number of rotatable bonds is 7. The molecule has 0 saturated carbocycles. The van der Waals surface area contributed by atoms with E-state index in [2.05, 4.69) is 37.9 Å². The average Bonchev–Trinajstić information content (AvgIpc) is 2.41. The van der Waals surface area contributed by atoms with Crippen LogP contribution in [0.2, 0.25) is 0 Å². The molecular weight excluding hydrogens is 312 g/mol. The zero-order valence-corrected chi connectivity index (χ0v) is 15.7. The number of carbonyl (C=O) groups is 1. The van der Waals surface area contributed by atoms with Gasteiger partial charge in [-0.1, -0.05) is 6.07 Å². The quantitative estimate of drug-likeness (QED) is 0.827. The van der Waals surface area contributed by atoms with Crippen molar-refractivity contribution in [1.82, 2.24) is 10.2 Å². The molecule has 1 N–H and O–H groups in total. The van der Waals surface area contributed by atoms with Gasteiger partial charge in [0.25, 0.3) is 5.91 Å². The van der Waals surface area contributed by atoms with E-state index in [1.165, 1.54) is 12.1 Å². The summed E-state index contributed by atoms with van der Waals surface area (Å²) in [4.78, 5) is 14.8. The highest BCUT2D eigenvalue weighted by molar-refractivity contribution is 7.90. The second-order valence-corrected chi connectivity index (χ2v) is 8.45. The summed E-state index contributed by atoms with van der Waals surface area (Å²) in [5.41, 5.74) is 1.17. The fourth-order valence-corrected chi connectivity index (χ4v) is 3.23. The molecule has 0 aliphatic rings. The lowest BCUT2D eigenvalue weighted by atomic mass is 10.1. The molecule has 1 aromatic carbocycles. The van der Waals surface area contributed by atoms with Gasteiger partial charge in [-0.25, -0.2) is 8.42 Å².